The fraction of sp³-hybridized carbons (Fsp3) is 0.167. The van der Waals surface area contributed by atoms with Crippen molar-refractivity contribution in [1.29, 1.82) is 0 Å². The summed E-state index contributed by atoms with van der Waals surface area (Å²) in [5.41, 5.74) is 0.625. The quantitative estimate of drug-likeness (QED) is 0.626. The van der Waals surface area contributed by atoms with Crippen LogP contribution in [-0.2, 0) is 9.47 Å². The number of hydrogen-bond acceptors (Lipinski definition) is 5. The zero-order chi connectivity index (χ0) is 16.7. The van der Waals surface area contributed by atoms with E-state index in [9.17, 15) is 14.4 Å². The van der Waals surface area contributed by atoms with Gasteiger partial charge in [-0.05, 0) is 36.8 Å². The van der Waals surface area contributed by atoms with E-state index in [1.54, 1.807) is 30.3 Å². The first-order chi connectivity index (χ1) is 11.1. The van der Waals surface area contributed by atoms with Crippen LogP contribution in [0.25, 0.3) is 0 Å². The van der Waals surface area contributed by atoms with Gasteiger partial charge < -0.3 is 9.47 Å². The van der Waals surface area contributed by atoms with Gasteiger partial charge >= 0.3 is 17.9 Å². The fourth-order valence-electron chi connectivity index (χ4n) is 1.83. The molecule has 0 fully saturated rings. The molecule has 0 spiro atoms. The Morgan fingerprint density at radius 2 is 1.35 bits per heavy atom. The summed E-state index contributed by atoms with van der Waals surface area (Å²) in [7, 11) is 0. The summed E-state index contributed by atoms with van der Waals surface area (Å²) in [5.74, 6) is -2.07. The van der Waals surface area contributed by atoms with Gasteiger partial charge in [-0.15, -0.1) is 0 Å². The number of carbonyl (C=O) groups excluding carboxylic acids is 3. The van der Waals surface area contributed by atoms with E-state index in [1.165, 1.54) is 24.3 Å². The lowest BCUT2D eigenvalue weighted by atomic mass is 10.1. The minimum Gasteiger partial charge on any atom is -0.462 e. The fourth-order valence-corrected chi connectivity index (χ4v) is 1.83. The molecule has 0 saturated carbocycles. The molecule has 5 nitrogen and oxygen atoms in total. The van der Waals surface area contributed by atoms with Crippen LogP contribution in [0.2, 0.25) is 0 Å². The van der Waals surface area contributed by atoms with Crippen LogP contribution in [0.15, 0.2) is 54.6 Å². The third-order valence-corrected chi connectivity index (χ3v) is 2.97. The summed E-state index contributed by atoms with van der Waals surface area (Å²) < 4.78 is 9.81. The number of ether oxygens (including phenoxy) is 2. The van der Waals surface area contributed by atoms with Crippen LogP contribution in [0.1, 0.15) is 44.4 Å². The molecule has 2 aromatic carbocycles. The zero-order valence-electron chi connectivity index (χ0n) is 12.7. The van der Waals surface area contributed by atoms with Crippen molar-refractivity contribution in [3.63, 3.8) is 0 Å². The lowest BCUT2D eigenvalue weighted by Gasteiger charge is -2.06. The van der Waals surface area contributed by atoms with Gasteiger partial charge in [0.05, 0.1) is 23.3 Å². The standard InChI is InChI=1S/C18H16O5/c1-2-11-22-16(19)14-9-6-10-15(12-14)18(21)23-17(20)13-7-4-3-5-8-13/h3-10,12H,2,11H2,1H3. The average Bonchev–Trinajstić information content (AvgIpc) is 2.60. The molecule has 5 heteroatoms. The highest BCUT2D eigenvalue weighted by Gasteiger charge is 2.16. The molecular weight excluding hydrogens is 296 g/mol. The van der Waals surface area contributed by atoms with Gasteiger partial charge in [-0.1, -0.05) is 31.2 Å². The highest BCUT2D eigenvalue weighted by molar-refractivity contribution is 6.03. The Morgan fingerprint density at radius 1 is 0.783 bits per heavy atom. The predicted molar refractivity (Wildman–Crippen MR) is 83.2 cm³/mol. The Labute approximate surface area is 133 Å². The van der Waals surface area contributed by atoms with Crippen molar-refractivity contribution in [2.24, 2.45) is 0 Å². The van der Waals surface area contributed by atoms with Gasteiger partial charge in [0.15, 0.2) is 0 Å². The van der Waals surface area contributed by atoms with E-state index in [-0.39, 0.29) is 16.7 Å². The molecule has 0 N–H and O–H groups in total. The molecule has 0 saturated heterocycles. The predicted octanol–water partition coefficient (Wildman–Crippen LogP) is 3.25. The normalized spacial score (nSPS) is 9.96. The van der Waals surface area contributed by atoms with Gasteiger partial charge in [0.25, 0.3) is 0 Å². The number of carbonyl (C=O) groups is 3. The smallest absolute Gasteiger partial charge is 0.346 e. The molecular formula is C18H16O5. The van der Waals surface area contributed by atoms with Crippen molar-refractivity contribution in [2.75, 3.05) is 6.61 Å². The summed E-state index contributed by atoms with van der Waals surface area (Å²) in [5, 5.41) is 0. The van der Waals surface area contributed by atoms with E-state index in [1.807, 2.05) is 6.92 Å². The van der Waals surface area contributed by atoms with Gasteiger partial charge in [0.1, 0.15) is 0 Å². The number of hydrogen-bond donors (Lipinski definition) is 0. The van der Waals surface area contributed by atoms with Crippen molar-refractivity contribution in [3.8, 4) is 0 Å². The van der Waals surface area contributed by atoms with Crippen LogP contribution in [0.4, 0.5) is 0 Å². The van der Waals surface area contributed by atoms with Crippen LogP contribution < -0.4 is 0 Å². The largest absolute Gasteiger partial charge is 0.462 e. The minimum atomic E-state index is -0.816. The van der Waals surface area contributed by atoms with E-state index in [0.29, 0.717) is 13.0 Å². The van der Waals surface area contributed by atoms with Gasteiger partial charge in [0, 0.05) is 0 Å². The second-order valence-corrected chi connectivity index (χ2v) is 4.76. The van der Waals surface area contributed by atoms with Crippen molar-refractivity contribution in [3.05, 3.63) is 71.3 Å². The van der Waals surface area contributed by atoms with Crippen LogP contribution in [0.3, 0.4) is 0 Å². The Kier molecular flexibility index (Phi) is 5.63. The van der Waals surface area contributed by atoms with E-state index in [4.69, 9.17) is 9.47 Å². The summed E-state index contributed by atoms with van der Waals surface area (Å²) in [4.78, 5) is 35.7. The van der Waals surface area contributed by atoms with Crippen LogP contribution in [0.5, 0.6) is 0 Å². The Balaban J connectivity index is 2.08. The maximum Gasteiger partial charge on any atom is 0.346 e. The SMILES string of the molecule is CCCOC(=O)c1cccc(C(=O)OC(=O)c2ccccc2)c1. The lowest BCUT2D eigenvalue weighted by Crippen LogP contribution is -2.14. The number of benzene rings is 2. The topological polar surface area (TPSA) is 69.7 Å². The van der Waals surface area contributed by atoms with Crippen LogP contribution >= 0.6 is 0 Å². The maximum atomic E-state index is 12.0. The molecule has 0 amide bonds. The lowest BCUT2D eigenvalue weighted by molar-refractivity contribution is 0.0397. The number of esters is 3. The molecule has 0 aromatic heterocycles. The Morgan fingerprint density at radius 3 is 2.00 bits per heavy atom. The molecule has 23 heavy (non-hydrogen) atoms. The van der Waals surface area contributed by atoms with Crippen molar-refractivity contribution in [2.45, 2.75) is 13.3 Å². The first-order valence-corrected chi connectivity index (χ1v) is 7.20. The monoisotopic (exact) mass is 312 g/mol. The van der Waals surface area contributed by atoms with Gasteiger partial charge in [-0.25, -0.2) is 14.4 Å². The van der Waals surface area contributed by atoms with Crippen LogP contribution in [0, 0.1) is 0 Å². The molecule has 0 bridgehead atoms. The maximum absolute atomic E-state index is 12.0. The van der Waals surface area contributed by atoms with Gasteiger partial charge in [-0.2, -0.15) is 0 Å². The molecule has 0 aliphatic heterocycles. The molecule has 0 atom stereocenters. The van der Waals surface area contributed by atoms with E-state index < -0.39 is 17.9 Å². The third-order valence-electron chi connectivity index (χ3n) is 2.97. The van der Waals surface area contributed by atoms with Crippen molar-refractivity contribution < 1.29 is 23.9 Å². The van der Waals surface area contributed by atoms with Crippen LogP contribution in [-0.4, -0.2) is 24.5 Å². The molecule has 2 rings (SSSR count). The first kappa shape index (κ1) is 16.4. The summed E-state index contributed by atoms with van der Waals surface area (Å²) in [6.07, 6.45) is 0.707. The highest BCUT2D eigenvalue weighted by atomic mass is 16.6. The second-order valence-electron chi connectivity index (χ2n) is 4.76. The Bertz CT molecular complexity index is 706. The van der Waals surface area contributed by atoms with E-state index >= 15 is 0 Å². The second kappa shape index (κ2) is 7.89. The minimum absolute atomic E-state index is 0.111. The molecule has 0 aliphatic carbocycles. The summed E-state index contributed by atoms with van der Waals surface area (Å²) in [6.45, 7) is 2.19. The summed E-state index contributed by atoms with van der Waals surface area (Å²) >= 11 is 0. The van der Waals surface area contributed by atoms with E-state index in [0.717, 1.165) is 0 Å². The molecule has 0 unspecified atom stereocenters. The Hall–Kier alpha value is -2.95. The molecule has 0 heterocycles. The highest BCUT2D eigenvalue weighted by Crippen LogP contribution is 2.10. The van der Waals surface area contributed by atoms with Crippen molar-refractivity contribution in [1.82, 2.24) is 0 Å². The zero-order valence-corrected chi connectivity index (χ0v) is 12.7. The van der Waals surface area contributed by atoms with E-state index in [2.05, 4.69) is 0 Å². The molecule has 118 valence electrons. The molecule has 0 radical (unpaired) electrons. The average molecular weight is 312 g/mol. The third kappa shape index (κ3) is 4.51. The molecule has 0 aliphatic rings. The first-order valence-electron chi connectivity index (χ1n) is 7.20. The number of rotatable bonds is 5. The molecule has 2 aromatic rings. The van der Waals surface area contributed by atoms with Crippen molar-refractivity contribution >= 4 is 17.9 Å². The summed E-state index contributed by atoms with van der Waals surface area (Å²) in [6, 6.07) is 14.1. The van der Waals surface area contributed by atoms with Gasteiger partial charge in [-0.3, -0.25) is 0 Å². The van der Waals surface area contributed by atoms with Gasteiger partial charge in [0.2, 0.25) is 0 Å².